The van der Waals surface area contributed by atoms with Gasteiger partial charge in [0.25, 0.3) is 15.9 Å². The van der Waals surface area contributed by atoms with Gasteiger partial charge in [-0.3, -0.25) is 9.52 Å². The van der Waals surface area contributed by atoms with Crippen LogP contribution in [0.25, 0.3) is 5.69 Å². The summed E-state index contributed by atoms with van der Waals surface area (Å²) < 4.78 is 42.7. The zero-order chi connectivity index (χ0) is 23.6. The van der Waals surface area contributed by atoms with Crippen LogP contribution in [0, 0.1) is 19.7 Å². The summed E-state index contributed by atoms with van der Waals surface area (Å²) in [7, 11) is -3.97. The molecule has 0 aliphatic rings. The van der Waals surface area contributed by atoms with E-state index in [0.717, 1.165) is 23.5 Å². The summed E-state index contributed by atoms with van der Waals surface area (Å²) in [5.74, 6) is -0.939. The molecule has 33 heavy (non-hydrogen) atoms. The summed E-state index contributed by atoms with van der Waals surface area (Å²) in [4.78, 5) is 12.8. The number of hydrogen-bond donors (Lipinski definition) is 2. The first-order valence-electron chi connectivity index (χ1n) is 10.1. The highest BCUT2D eigenvalue weighted by atomic mass is 32.2. The Hall–Kier alpha value is -3.98. The number of amides is 1. The van der Waals surface area contributed by atoms with E-state index in [4.69, 9.17) is 0 Å². The van der Waals surface area contributed by atoms with Gasteiger partial charge >= 0.3 is 0 Å². The maximum absolute atomic E-state index is 13.1. The van der Waals surface area contributed by atoms with E-state index in [1.807, 2.05) is 37.3 Å². The molecule has 168 valence electrons. The monoisotopic (exact) mass is 464 g/mol. The normalized spacial score (nSPS) is 11.2. The van der Waals surface area contributed by atoms with Gasteiger partial charge in [-0.15, -0.1) is 0 Å². The number of aromatic nitrogens is 2. The number of halogens is 1. The number of aryl methyl sites for hydroxylation is 1. The Morgan fingerprint density at radius 3 is 2.33 bits per heavy atom. The second-order valence-corrected chi connectivity index (χ2v) is 9.07. The number of carbonyl (C=O) groups excluding carboxylic acids is 1. The van der Waals surface area contributed by atoms with E-state index < -0.39 is 21.7 Å². The van der Waals surface area contributed by atoms with Gasteiger partial charge in [0.05, 0.1) is 27.7 Å². The molecule has 0 saturated carbocycles. The molecule has 4 aromatic rings. The van der Waals surface area contributed by atoms with Crippen molar-refractivity contribution in [3.63, 3.8) is 0 Å². The number of para-hydroxylation sites is 1. The molecule has 3 aromatic carbocycles. The standard InChI is InChI=1S/C24H21FN4O3S/c1-16-23(17(2)29(27-16)21-8-4-3-5-9-21)26-24(30)18-7-6-10-22(15-18)33(31,32)28-20-13-11-19(25)12-14-20/h3-15,28H,1-2H3,(H,26,30). The Bertz CT molecular complexity index is 1420. The molecule has 2 N–H and O–H groups in total. The third kappa shape index (κ3) is 4.78. The quantitative estimate of drug-likeness (QED) is 0.433. The van der Waals surface area contributed by atoms with Crippen molar-refractivity contribution in [1.82, 2.24) is 9.78 Å². The molecule has 0 spiro atoms. The first-order valence-corrected chi connectivity index (χ1v) is 11.5. The van der Waals surface area contributed by atoms with Gasteiger partial charge in [-0.2, -0.15) is 5.10 Å². The van der Waals surface area contributed by atoms with E-state index in [1.165, 1.54) is 36.4 Å². The van der Waals surface area contributed by atoms with E-state index in [9.17, 15) is 17.6 Å². The van der Waals surface area contributed by atoms with Crippen molar-refractivity contribution in [2.24, 2.45) is 0 Å². The molecule has 0 radical (unpaired) electrons. The molecule has 7 nitrogen and oxygen atoms in total. The predicted octanol–water partition coefficient (Wildman–Crippen LogP) is 4.68. The largest absolute Gasteiger partial charge is 0.319 e. The summed E-state index contributed by atoms with van der Waals surface area (Å²) in [5.41, 5.74) is 3.18. The Balaban J connectivity index is 1.57. The van der Waals surface area contributed by atoms with Gasteiger partial charge in [-0.1, -0.05) is 24.3 Å². The second-order valence-electron chi connectivity index (χ2n) is 7.39. The van der Waals surface area contributed by atoms with Crippen LogP contribution in [0.1, 0.15) is 21.7 Å². The number of sulfonamides is 1. The zero-order valence-corrected chi connectivity index (χ0v) is 18.7. The SMILES string of the molecule is Cc1nn(-c2ccccc2)c(C)c1NC(=O)c1cccc(S(=O)(=O)Nc2ccc(F)cc2)c1. The van der Waals surface area contributed by atoms with Crippen LogP contribution in [0.5, 0.6) is 0 Å². The molecule has 0 aliphatic heterocycles. The zero-order valence-electron chi connectivity index (χ0n) is 17.9. The van der Waals surface area contributed by atoms with Crippen LogP contribution in [0.2, 0.25) is 0 Å². The highest BCUT2D eigenvalue weighted by Crippen LogP contribution is 2.24. The molecular weight excluding hydrogens is 443 g/mol. The Morgan fingerprint density at radius 1 is 0.939 bits per heavy atom. The number of anilines is 2. The molecule has 0 saturated heterocycles. The average Bonchev–Trinajstić information content (AvgIpc) is 3.09. The van der Waals surface area contributed by atoms with Crippen LogP contribution >= 0.6 is 0 Å². The summed E-state index contributed by atoms with van der Waals surface area (Å²) in [6, 6.07) is 20.2. The molecule has 1 amide bonds. The molecule has 0 atom stereocenters. The van der Waals surface area contributed by atoms with Crippen LogP contribution in [0.4, 0.5) is 15.8 Å². The van der Waals surface area contributed by atoms with Gasteiger partial charge in [-0.05, 0) is 68.4 Å². The summed E-state index contributed by atoms with van der Waals surface area (Å²) >= 11 is 0. The minimum atomic E-state index is -3.97. The number of benzene rings is 3. The number of rotatable bonds is 6. The van der Waals surface area contributed by atoms with Crippen molar-refractivity contribution in [3.05, 3.63) is 102 Å². The van der Waals surface area contributed by atoms with Crippen LogP contribution in [-0.4, -0.2) is 24.1 Å². The predicted molar refractivity (Wildman–Crippen MR) is 125 cm³/mol. The summed E-state index contributed by atoms with van der Waals surface area (Å²) in [5, 5.41) is 7.35. The van der Waals surface area contributed by atoms with Crippen molar-refractivity contribution >= 4 is 27.3 Å². The van der Waals surface area contributed by atoms with Gasteiger partial charge < -0.3 is 5.32 Å². The van der Waals surface area contributed by atoms with Crippen LogP contribution in [0.15, 0.2) is 83.8 Å². The molecular formula is C24H21FN4O3S. The molecule has 0 unspecified atom stereocenters. The minimum Gasteiger partial charge on any atom is -0.319 e. The van der Waals surface area contributed by atoms with Crippen molar-refractivity contribution < 1.29 is 17.6 Å². The number of nitrogens with zero attached hydrogens (tertiary/aromatic N) is 2. The first-order chi connectivity index (χ1) is 15.7. The van der Waals surface area contributed by atoms with Gasteiger partial charge in [0.2, 0.25) is 0 Å². The van der Waals surface area contributed by atoms with Crippen molar-refractivity contribution in [2.45, 2.75) is 18.7 Å². The lowest BCUT2D eigenvalue weighted by atomic mass is 10.2. The van der Waals surface area contributed by atoms with Crippen LogP contribution in [0.3, 0.4) is 0 Å². The third-order valence-corrected chi connectivity index (χ3v) is 6.41. The molecule has 1 heterocycles. The lowest BCUT2D eigenvalue weighted by Crippen LogP contribution is -2.16. The fourth-order valence-electron chi connectivity index (χ4n) is 3.37. The molecule has 0 aliphatic carbocycles. The van der Waals surface area contributed by atoms with Gasteiger partial charge in [-0.25, -0.2) is 17.5 Å². The van der Waals surface area contributed by atoms with Gasteiger partial charge in [0.1, 0.15) is 5.82 Å². The molecule has 4 rings (SSSR count). The molecule has 0 fully saturated rings. The number of hydrogen-bond acceptors (Lipinski definition) is 4. The maximum atomic E-state index is 13.1. The maximum Gasteiger partial charge on any atom is 0.261 e. The fourth-order valence-corrected chi connectivity index (χ4v) is 4.47. The highest BCUT2D eigenvalue weighted by molar-refractivity contribution is 7.92. The van der Waals surface area contributed by atoms with Crippen molar-refractivity contribution in [1.29, 1.82) is 0 Å². The average molecular weight is 465 g/mol. The molecule has 9 heteroatoms. The highest BCUT2D eigenvalue weighted by Gasteiger charge is 2.19. The van der Waals surface area contributed by atoms with Crippen molar-refractivity contribution in [2.75, 3.05) is 10.0 Å². The topological polar surface area (TPSA) is 93.1 Å². The number of carbonyl (C=O) groups is 1. The summed E-state index contributed by atoms with van der Waals surface area (Å²) in [6.07, 6.45) is 0. The Morgan fingerprint density at radius 2 is 1.64 bits per heavy atom. The van der Waals surface area contributed by atoms with E-state index in [0.29, 0.717) is 11.4 Å². The number of nitrogens with one attached hydrogen (secondary N) is 2. The summed E-state index contributed by atoms with van der Waals surface area (Å²) in [6.45, 7) is 3.63. The Kier molecular flexibility index (Phi) is 5.97. The minimum absolute atomic E-state index is 0.0899. The Labute approximate surface area is 190 Å². The van der Waals surface area contributed by atoms with Crippen LogP contribution < -0.4 is 10.0 Å². The van der Waals surface area contributed by atoms with E-state index in [-0.39, 0.29) is 16.1 Å². The lowest BCUT2D eigenvalue weighted by molar-refractivity contribution is 0.102. The second kappa shape index (κ2) is 8.87. The van der Waals surface area contributed by atoms with E-state index in [1.54, 1.807) is 11.6 Å². The fraction of sp³-hybridized carbons (Fsp3) is 0.0833. The third-order valence-electron chi connectivity index (χ3n) is 5.03. The van der Waals surface area contributed by atoms with E-state index in [2.05, 4.69) is 15.1 Å². The molecule has 0 bridgehead atoms. The lowest BCUT2D eigenvalue weighted by Gasteiger charge is -2.10. The van der Waals surface area contributed by atoms with Crippen molar-refractivity contribution in [3.8, 4) is 5.69 Å². The van der Waals surface area contributed by atoms with Gasteiger partial charge in [0, 0.05) is 11.3 Å². The van der Waals surface area contributed by atoms with Crippen LogP contribution in [-0.2, 0) is 10.0 Å². The first kappa shape index (κ1) is 22.2. The smallest absolute Gasteiger partial charge is 0.261 e. The molecule has 1 aromatic heterocycles. The van der Waals surface area contributed by atoms with Gasteiger partial charge in [0.15, 0.2) is 0 Å². The van der Waals surface area contributed by atoms with E-state index >= 15 is 0 Å².